The van der Waals surface area contributed by atoms with E-state index in [0.29, 0.717) is 10.7 Å². The van der Waals surface area contributed by atoms with Crippen LogP contribution in [0.25, 0.3) is 0 Å². The summed E-state index contributed by atoms with van der Waals surface area (Å²) in [5, 5.41) is 9.06. The Morgan fingerprint density at radius 2 is 2.40 bits per heavy atom. The van der Waals surface area contributed by atoms with E-state index in [0.717, 1.165) is 5.56 Å². The summed E-state index contributed by atoms with van der Waals surface area (Å²) in [5.41, 5.74) is 1.14. The molecule has 10 heavy (non-hydrogen) atoms. The molecular weight excluding hydrogens is 148 g/mol. The van der Waals surface area contributed by atoms with E-state index in [1.54, 1.807) is 13.0 Å². The number of nitrogens with zero attached hydrogens (tertiary/aromatic N) is 2. The predicted octanol–water partition coefficient (Wildman–Crippen LogP) is 1.92. The quantitative estimate of drug-likeness (QED) is 0.570. The molecule has 0 amide bonds. The molecule has 0 aromatic carbocycles. The van der Waals surface area contributed by atoms with Gasteiger partial charge in [0.25, 0.3) is 0 Å². The summed E-state index contributed by atoms with van der Waals surface area (Å²) >= 11 is 5.70. The molecule has 50 valence electrons. The van der Waals surface area contributed by atoms with Crippen molar-refractivity contribution in [3.8, 4) is 6.07 Å². The van der Waals surface area contributed by atoms with Crippen LogP contribution >= 0.6 is 11.6 Å². The molecule has 0 saturated carbocycles. The SMILES string of the molecule is Cc1c(Cl)ccnc1C#N. The van der Waals surface area contributed by atoms with Gasteiger partial charge >= 0.3 is 0 Å². The molecule has 3 heteroatoms. The van der Waals surface area contributed by atoms with Crippen LogP contribution in [-0.4, -0.2) is 4.98 Å². The fourth-order valence-electron chi connectivity index (χ4n) is 0.625. The van der Waals surface area contributed by atoms with Crippen molar-refractivity contribution in [3.05, 3.63) is 28.5 Å². The smallest absolute Gasteiger partial charge is 0.144 e. The van der Waals surface area contributed by atoms with Gasteiger partial charge < -0.3 is 0 Å². The predicted molar refractivity (Wildman–Crippen MR) is 38.7 cm³/mol. The molecule has 0 aliphatic rings. The van der Waals surface area contributed by atoms with Crippen LogP contribution in [0.4, 0.5) is 0 Å². The maximum Gasteiger partial charge on any atom is 0.144 e. The van der Waals surface area contributed by atoms with E-state index in [4.69, 9.17) is 16.9 Å². The Morgan fingerprint density at radius 3 is 2.90 bits per heavy atom. The third-order valence-corrected chi connectivity index (χ3v) is 1.65. The van der Waals surface area contributed by atoms with Crippen LogP contribution in [0, 0.1) is 18.3 Å². The minimum atomic E-state index is 0.396. The molecule has 0 atom stereocenters. The van der Waals surface area contributed by atoms with E-state index >= 15 is 0 Å². The van der Waals surface area contributed by atoms with E-state index in [2.05, 4.69) is 4.98 Å². The van der Waals surface area contributed by atoms with Crippen LogP contribution in [-0.2, 0) is 0 Å². The highest BCUT2D eigenvalue weighted by Crippen LogP contribution is 2.14. The molecule has 2 nitrogen and oxygen atoms in total. The first kappa shape index (κ1) is 7.04. The van der Waals surface area contributed by atoms with E-state index < -0.39 is 0 Å². The van der Waals surface area contributed by atoms with E-state index in [1.165, 1.54) is 6.20 Å². The van der Waals surface area contributed by atoms with Gasteiger partial charge in [0.1, 0.15) is 11.8 Å². The Labute approximate surface area is 64.1 Å². The second kappa shape index (κ2) is 2.68. The summed E-state index contributed by atoms with van der Waals surface area (Å²) in [6, 6.07) is 3.60. The summed E-state index contributed by atoms with van der Waals surface area (Å²) < 4.78 is 0. The van der Waals surface area contributed by atoms with Crippen molar-refractivity contribution >= 4 is 11.6 Å². The molecule has 1 heterocycles. The van der Waals surface area contributed by atoms with Crippen molar-refractivity contribution in [2.45, 2.75) is 6.92 Å². The van der Waals surface area contributed by atoms with Gasteiger partial charge in [-0.15, -0.1) is 0 Å². The number of halogens is 1. The van der Waals surface area contributed by atoms with Crippen LogP contribution in [0.1, 0.15) is 11.3 Å². The second-order valence-electron chi connectivity index (χ2n) is 1.88. The topological polar surface area (TPSA) is 36.7 Å². The number of hydrogen-bond donors (Lipinski definition) is 0. The maximum atomic E-state index is 8.47. The Hall–Kier alpha value is -1.07. The van der Waals surface area contributed by atoms with E-state index in [-0.39, 0.29) is 0 Å². The highest BCUT2D eigenvalue weighted by atomic mass is 35.5. The lowest BCUT2D eigenvalue weighted by Gasteiger charge is -1.95. The summed E-state index contributed by atoms with van der Waals surface area (Å²) in [6.45, 7) is 1.77. The largest absolute Gasteiger partial charge is 0.245 e. The molecule has 0 fully saturated rings. The molecule has 0 radical (unpaired) electrons. The minimum absolute atomic E-state index is 0.396. The summed E-state index contributed by atoms with van der Waals surface area (Å²) in [6.07, 6.45) is 1.52. The summed E-state index contributed by atoms with van der Waals surface area (Å²) in [4.78, 5) is 3.81. The zero-order chi connectivity index (χ0) is 7.56. The standard InChI is InChI=1S/C7H5ClN2/c1-5-6(8)2-3-10-7(5)4-9/h2-3H,1H3. The fourth-order valence-corrected chi connectivity index (χ4v) is 0.771. The van der Waals surface area contributed by atoms with Crippen LogP contribution in [0.15, 0.2) is 12.3 Å². The molecule has 1 aromatic rings. The van der Waals surface area contributed by atoms with Gasteiger partial charge in [0, 0.05) is 16.8 Å². The van der Waals surface area contributed by atoms with Crippen LogP contribution in [0.3, 0.4) is 0 Å². The van der Waals surface area contributed by atoms with E-state index in [9.17, 15) is 0 Å². The molecule has 0 aliphatic carbocycles. The number of rotatable bonds is 0. The molecule has 1 rings (SSSR count). The molecule has 0 aliphatic heterocycles. The fraction of sp³-hybridized carbons (Fsp3) is 0.143. The first-order valence-corrected chi connectivity index (χ1v) is 3.14. The Kier molecular flexibility index (Phi) is 1.88. The van der Waals surface area contributed by atoms with Gasteiger partial charge in [-0.3, -0.25) is 0 Å². The first-order chi connectivity index (χ1) is 4.75. The average molecular weight is 153 g/mol. The van der Waals surface area contributed by atoms with Gasteiger partial charge in [0.05, 0.1) is 0 Å². The number of hydrogen-bond acceptors (Lipinski definition) is 2. The number of aromatic nitrogens is 1. The molecule has 0 saturated heterocycles. The monoisotopic (exact) mass is 152 g/mol. The second-order valence-corrected chi connectivity index (χ2v) is 2.29. The minimum Gasteiger partial charge on any atom is -0.245 e. The van der Waals surface area contributed by atoms with Crippen molar-refractivity contribution in [2.75, 3.05) is 0 Å². The van der Waals surface area contributed by atoms with Crippen molar-refractivity contribution in [3.63, 3.8) is 0 Å². The van der Waals surface area contributed by atoms with Gasteiger partial charge in [-0.05, 0) is 13.0 Å². The number of pyridine rings is 1. The van der Waals surface area contributed by atoms with Gasteiger partial charge in [-0.25, -0.2) is 4.98 Å². The zero-order valence-electron chi connectivity index (χ0n) is 5.43. The lowest BCUT2D eigenvalue weighted by molar-refractivity contribution is 1.21. The number of nitriles is 1. The lowest BCUT2D eigenvalue weighted by Crippen LogP contribution is -1.86. The molecular formula is C7H5ClN2. The normalized spacial score (nSPS) is 8.90. The van der Waals surface area contributed by atoms with Crippen molar-refractivity contribution in [2.24, 2.45) is 0 Å². The molecule has 0 bridgehead atoms. The van der Waals surface area contributed by atoms with E-state index in [1.807, 2.05) is 6.07 Å². The third kappa shape index (κ3) is 1.09. The highest BCUT2D eigenvalue weighted by molar-refractivity contribution is 6.31. The first-order valence-electron chi connectivity index (χ1n) is 2.77. The third-order valence-electron chi connectivity index (χ3n) is 1.24. The molecule has 0 N–H and O–H groups in total. The summed E-state index contributed by atoms with van der Waals surface area (Å²) in [7, 11) is 0. The molecule has 1 aromatic heterocycles. The highest BCUT2D eigenvalue weighted by Gasteiger charge is 2.00. The van der Waals surface area contributed by atoms with Gasteiger partial charge in [-0.2, -0.15) is 5.26 Å². The van der Waals surface area contributed by atoms with Crippen LogP contribution in [0.2, 0.25) is 5.02 Å². The maximum absolute atomic E-state index is 8.47. The molecule has 0 unspecified atom stereocenters. The summed E-state index contributed by atoms with van der Waals surface area (Å²) in [5.74, 6) is 0. The van der Waals surface area contributed by atoms with Crippen LogP contribution in [0.5, 0.6) is 0 Å². The molecule has 0 spiro atoms. The Bertz CT molecular complexity index is 288. The Morgan fingerprint density at radius 1 is 1.70 bits per heavy atom. The van der Waals surface area contributed by atoms with Crippen molar-refractivity contribution < 1.29 is 0 Å². The van der Waals surface area contributed by atoms with Gasteiger partial charge in [0.15, 0.2) is 0 Å². The van der Waals surface area contributed by atoms with Gasteiger partial charge in [-0.1, -0.05) is 11.6 Å². The van der Waals surface area contributed by atoms with Crippen molar-refractivity contribution in [1.29, 1.82) is 5.26 Å². The van der Waals surface area contributed by atoms with Crippen LogP contribution < -0.4 is 0 Å². The Balaban J connectivity index is 3.31. The average Bonchev–Trinajstić information content (AvgIpc) is 1.95. The zero-order valence-corrected chi connectivity index (χ0v) is 6.18. The lowest BCUT2D eigenvalue weighted by atomic mass is 10.2. The van der Waals surface area contributed by atoms with Gasteiger partial charge in [0.2, 0.25) is 0 Å². The van der Waals surface area contributed by atoms with Crippen molar-refractivity contribution in [1.82, 2.24) is 4.98 Å².